The van der Waals surface area contributed by atoms with Crippen LogP contribution in [0, 0.1) is 0 Å². The van der Waals surface area contributed by atoms with Gasteiger partial charge < -0.3 is 5.32 Å². The Hall–Kier alpha value is -2.75. The molecule has 0 spiro atoms. The summed E-state index contributed by atoms with van der Waals surface area (Å²) < 4.78 is 28.6. The third-order valence-electron chi connectivity index (χ3n) is 5.68. The maximum Gasteiger partial charge on any atom is 0.252 e. The molecule has 8 nitrogen and oxygen atoms in total. The van der Waals surface area contributed by atoms with Gasteiger partial charge in [-0.25, -0.2) is 13.3 Å². The molecule has 2 aromatic carbocycles. The van der Waals surface area contributed by atoms with Crippen LogP contribution in [0.1, 0.15) is 40.5 Å². The average Bonchev–Trinajstić information content (AvgIpc) is 3.02. The minimum atomic E-state index is -4.17. The molecular formula is C23H26ClN3O5S. The van der Waals surface area contributed by atoms with E-state index in [1.807, 2.05) is 6.92 Å². The first-order valence-electron chi connectivity index (χ1n) is 10.4. The van der Waals surface area contributed by atoms with Crippen LogP contribution in [-0.2, 0) is 24.4 Å². The first kappa shape index (κ1) is 24.9. The van der Waals surface area contributed by atoms with E-state index < -0.39 is 33.4 Å². The number of amides is 3. The van der Waals surface area contributed by atoms with Crippen LogP contribution in [0.4, 0.5) is 11.4 Å². The monoisotopic (exact) mass is 491 g/mol. The Bertz CT molecular complexity index is 1180. The lowest BCUT2D eigenvalue weighted by Crippen LogP contribution is -2.55. The summed E-state index contributed by atoms with van der Waals surface area (Å²) in [4.78, 5) is 38.4. The van der Waals surface area contributed by atoms with Crippen LogP contribution in [-0.4, -0.2) is 42.0 Å². The molecule has 0 radical (unpaired) electrons. The highest BCUT2D eigenvalue weighted by Crippen LogP contribution is 2.36. The normalized spacial score (nSPS) is 17.0. The summed E-state index contributed by atoms with van der Waals surface area (Å²) in [6, 6.07) is 10.7. The van der Waals surface area contributed by atoms with Crippen molar-refractivity contribution in [1.82, 2.24) is 4.31 Å². The highest BCUT2D eigenvalue weighted by atomic mass is 35.5. The summed E-state index contributed by atoms with van der Waals surface area (Å²) in [7, 11) is -4.17. The predicted molar refractivity (Wildman–Crippen MR) is 126 cm³/mol. The van der Waals surface area contributed by atoms with E-state index in [4.69, 9.17) is 11.6 Å². The van der Waals surface area contributed by atoms with E-state index in [2.05, 4.69) is 5.32 Å². The largest absolute Gasteiger partial charge is 0.326 e. The first-order chi connectivity index (χ1) is 15.4. The Morgan fingerprint density at radius 3 is 2.21 bits per heavy atom. The molecule has 33 heavy (non-hydrogen) atoms. The Morgan fingerprint density at radius 1 is 1.12 bits per heavy atom. The van der Waals surface area contributed by atoms with Crippen molar-refractivity contribution in [2.24, 2.45) is 0 Å². The van der Waals surface area contributed by atoms with Gasteiger partial charge in [0.05, 0.1) is 17.0 Å². The maximum atomic E-state index is 13.7. The fourth-order valence-electron chi connectivity index (χ4n) is 3.76. The van der Waals surface area contributed by atoms with Crippen LogP contribution < -0.4 is 10.2 Å². The quantitative estimate of drug-likeness (QED) is 0.593. The van der Waals surface area contributed by atoms with Gasteiger partial charge in [-0.2, -0.15) is 4.31 Å². The lowest BCUT2D eigenvalue weighted by atomic mass is 10.00. The van der Waals surface area contributed by atoms with Gasteiger partial charge in [0.1, 0.15) is 6.04 Å². The number of imide groups is 1. The molecule has 1 aliphatic rings. The smallest absolute Gasteiger partial charge is 0.252 e. The van der Waals surface area contributed by atoms with Gasteiger partial charge in [0.15, 0.2) is 0 Å². The van der Waals surface area contributed by atoms with Gasteiger partial charge in [0, 0.05) is 23.2 Å². The van der Waals surface area contributed by atoms with Crippen molar-refractivity contribution >= 4 is 50.7 Å². The molecule has 176 valence electrons. The fourth-order valence-corrected chi connectivity index (χ4v) is 5.87. The number of benzene rings is 2. The van der Waals surface area contributed by atoms with Crippen LogP contribution in [0.3, 0.4) is 0 Å². The number of halogens is 1. The molecule has 1 aliphatic heterocycles. The molecule has 1 heterocycles. The van der Waals surface area contributed by atoms with Crippen molar-refractivity contribution in [3.63, 3.8) is 0 Å². The molecule has 1 fully saturated rings. The SMILES string of the molecule is CCC(C)(C)N(C1CC(=O)N(c2ccc(Cl)cc2)C1=O)S(=O)(=O)c1ccc(NC(C)=O)cc1. The second-order valence-electron chi connectivity index (χ2n) is 8.44. The number of carbonyl (C=O) groups excluding carboxylic acids is 3. The van der Waals surface area contributed by atoms with Gasteiger partial charge >= 0.3 is 0 Å². The molecular weight excluding hydrogens is 466 g/mol. The summed E-state index contributed by atoms with van der Waals surface area (Å²) >= 11 is 5.92. The second-order valence-corrected chi connectivity index (χ2v) is 10.7. The van der Waals surface area contributed by atoms with Crippen LogP contribution in [0.5, 0.6) is 0 Å². The molecule has 1 atom stereocenters. The number of nitrogens with one attached hydrogen (secondary N) is 1. The Kier molecular flexibility index (Phi) is 6.97. The highest BCUT2D eigenvalue weighted by molar-refractivity contribution is 7.89. The number of sulfonamides is 1. The van der Waals surface area contributed by atoms with Gasteiger partial charge in [0.25, 0.3) is 5.91 Å². The lowest BCUT2D eigenvalue weighted by Gasteiger charge is -2.39. The predicted octanol–water partition coefficient (Wildman–Crippen LogP) is 3.81. The van der Waals surface area contributed by atoms with E-state index in [0.29, 0.717) is 22.8 Å². The molecule has 0 aliphatic carbocycles. The van der Waals surface area contributed by atoms with Crippen molar-refractivity contribution in [1.29, 1.82) is 0 Å². The number of hydrogen-bond acceptors (Lipinski definition) is 5. The van der Waals surface area contributed by atoms with Gasteiger partial charge in [-0.3, -0.25) is 14.4 Å². The number of hydrogen-bond donors (Lipinski definition) is 1. The third kappa shape index (κ3) is 4.95. The van der Waals surface area contributed by atoms with Crippen LogP contribution >= 0.6 is 11.6 Å². The molecule has 3 rings (SSSR count). The fraction of sp³-hybridized carbons (Fsp3) is 0.348. The molecule has 2 aromatic rings. The van der Waals surface area contributed by atoms with E-state index in [0.717, 1.165) is 9.21 Å². The van der Waals surface area contributed by atoms with E-state index in [1.54, 1.807) is 38.1 Å². The molecule has 1 saturated heterocycles. The number of nitrogens with zero attached hydrogens (tertiary/aromatic N) is 2. The number of rotatable bonds is 7. The van der Waals surface area contributed by atoms with Gasteiger partial charge in [-0.05, 0) is 68.8 Å². The molecule has 3 amide bonds. The van der Waals surface area contributed by atoms with E-state index in [9.17, 15) is 22.8 Å². The topological polar surface area (TPSA) is 104 Å². The van der Waals surface area contributed by atoms with Crippen LogP contribution in [0.25, 0.3) is 0 Å². The van der Waals surface area contributed by atoms with Crippen molar-refractivity contribution in [3.05, 3.63) is 53.6 Å². The first-order valence-corrected chi connectivity index (χ1v) is 12.2. The summed E-state index contributed by atoms with van der Waals surface area (Å²) in [5.41, 5.74) is -0.168. The Balaban J connectivity index is 2.03. The summed E-state index contributed by atoms with van der Waals surface area (Å²) in [5, 5.41) is 3.04. The van der Waals surface area contributed by atoms with Crippen LogP contribution in [0.2, 0.25) is 5.02 Å². The molecule has 0 saturated carbocycles. The van der Waals surface area contributed by atoms with E-state index >= 15 is 0 Å². The Labute approximate surface area is 198 Å². The summed E-state index contributed by atoms with van der Waals surface area (Å²) in [6.45, 7) is 6.61. The van der Waals surface area contributed by atoms with E-state index in [-0.39, 0.29) is 17.2 Å². The standard InChI is InChI=1S/C23H26ClN3O5S/c1-5-23(3,4)27(33(31,32)19-12-8-17(9-13-19)25-15(2)28)20-14-21(29)26(22(20)30)18-10-6-16(24)7-11-18/h6-13,20H,5,14H2,1-4H3,(H,25,28). The summed E-state index contributed by atoms with van der Waals surface area (Å²) in [6.07, 6.45) is 0.142. The zero-order chi connectivity index (χ0) is 24.6. The van der Waals surface area contributed by atoms with Crippen molar-refractivity contribution < 1.29 is 22.8 Å². The van der Waals surface area contributed by atoms with Gasteiger partial charge in [-0.1, -0.05) is 18.5 Å². The van der Waals surface area contributed by atoms with E-state index in [1.165, 1.54) is 31.2 Å². The molecule has 10 heteroatoms. The van der Waals surface area contributed by atoms with Crippen molar-refractivity contribution in [2.75, 3.05) is 10.2 Å². The number of anilines is 2. The van der Waals surface area contributed by atoms with Crippen molar-refractivity contribution in [3.8, 4) is 0 Å². The Morgan fingerprint density at radius 2 is 1.70 bits per heavy atom. The third-order valence-corrected chi connectivity index (χ3v) is 8.07. The number of carbonyl (C=O) groups is 3. The minimum absolute atomic E-state index is 0.0386. The van der Waals surface area contributed by atoms with Gasteiger partial charge in [-0.15, -0.1) is 0 Å². The molecule has 1 N–H and O–H groups in total. The maximum absolute atomic E-state index is 13.7. The van der Waals surface area contributed by atoms with Crippen LogP contribution in [0.15, 0.2) is 53.4 Å². The van der Waals surface area contributed by atoms with Crippen molar-refractivity contribution in [2.45, 2.75) is 57.0 Å². The second kappa shape index (κ2) is 9.24. The zero-order valence-electron chi connectivity index (χ0n) is 18.8. The summed E-state index contributed by atoms with van der Waals surface area (Å²) in [5.74, 6) is -1.38. The average molecular weight is 492 g/mol. The van der Waals surface area contributed by atoms with Gasteiger partial charge in [0.2, 0.25) is 21.8 Å². The molecule has 0 bridgehead atoms. The molecule has 1 unspecified atom stereocenters. The zero-order valence-corrected chi connectivity index (χ0v) is 20.4. The minimum Gasteiger partial charge on any atom is -0.326 e. The highest BCUT2D eigenvalue weighted by Gasteiger charge is 2.51. The lowest BCUT2D eigenvalue weighted by molar-refractivity contribution is -0.123. The molecule has 0 aromatic heterocycles.